The van der Waals surface area contributed by atoms with Gasteiger partial charge < -0.3 is 9.47 Å². The van der Waals surface area contributed by atoms with Gasteiger partial charge in [0.15, 0.2) is 0 Å². The average Bonchev–Trinajstić information content (AvgIpc) is 2.60. The quantitative estimate of drug-likeness (QED) is 0.814. The average molecular weight is 335 g/mol. The van der Waals surface area contributed by atoms with Gasteiger partial charge in [-0.05, 0) is 24.6 Å². The van der Waals surface area contributed by atoms with Crippen molar-refractivity contribution in [3.63, 3.8) is 0 Å². The second-order valence-electron chi connectivity index (χ2n) is 5.12. The van der Waals surface area contributed by atoms with E-state index in [1.807, 2.05) is 37.3 Å². The maximum atomic E-state index is 13.0. The van der Waals surface area contributed by atoms with E-state index in [-0.39, 0.29) is 16.7 Å². The summed E-state index contributed by atoms with van der Waals surface area (Å²) >= 11 is 0. The molecule has 0 N–H and O–H groups in total. The zero-order chi connectivity index (χ0) is 17.0. The molecule has 2 aromatic carbocycles. The molecule has 0 bridgehead atoms. The summed E-state index contributed by atoms with van der Waals surface area (Å²) in [6, 6.07) is 13.9. The van der Waals surface area contributed by atoms with E-state index in [0.29, 0.717) is 5.75 Å². The van der Waals surface area contributed by atoms with Gasteiger partial charge in [-0.1, -0.05) is 30.3 Å². The van der Waals surface area contributed by atoms with Crippen molar-refractivity contribution in [3.8, 4) is 11.5 Å². The zero-order valence-electron chi connectivity index (χ0n) is 13.7. The first-order chi connectivity index (χ1) is 10.9. The molecule has 0 amide bonds. The Morgan fingerprint density at radius 3 is 2.22 bits per heavy atom. The van der Waals surface area contributed by atoms with Gasteiger partial charge >= 0.3 is 0 Å². The van der Waals surface area contributed by atoms with E-state index in [1.165, 1.54) is 24.6 Å². The first-order valence-electron chi connectivity index (χ1n) is 7.16. The lowest BCUT2D eigenvalue weighted by atomic mass is 10.1. The van der Waals surface area contributed by atoms with Gasteiger partial charge in [0.25, 0.3) is 0 Å². The Morgan fingerprint density at radius 1 is 1.00 bits per heavy atom. The molecule has 1 atom stereocenters. The fourth-order valence-corrected chi connectivity index (χ4v) is 3.81. The number of ether oxygens (including phenoxy) is 2. The molecule has 0 saturated heterocycles. The highest BCUT2D eigenvalue weighted by Crippen LogP contribution is 2.33. The van der Waals surface area contributed by atoms with E-state index in [9.17, 15) is 8.42 Å². The standard InChI is InChI=1S/C17H21NO4S/c1-13(14-8-6-5-7-9-14)18(2)23(19,20)17-12-15(21-3)10-11-16(17)22-4/h5-13H,1-4H3/t13-/m1/s1. The van der Waals surface area contributed by atoms with Crippen molar-refractivity contribution >= 4 is 10.0 Å². The van der Waals surface area contributed by atoms with Crippen LogP contribution in [0.3, 0.4) is 0 Å². The second-order valence-corrected chi connectivity index (χ2v) is 7.09. The minimum Gasteiger partial charge on any atom is -0.497 e. The molecule has 5 nitrogen and oxygen atoms in total. The Bertz CT molecular complexity index is 759. The molecule has 0 aliphatic carbocycles. The number of hydrogen-bond acceptors (Lipinski definition) is 4. The first kappa shape index (κ1) is 17.3. The van der Waals surface area contributed by atoms with Gasteiger partial charge in [-0.2, -0.15) is 4.31 Å². The van der Waals surface area contributed by atoms with Crippen LogP contribution in [0, 0.1) is 0 Å². The normalized spacial score (nSPS) is 12.9. The summed E-state index contributed by atoms with van der Waals surface area (Å²) in [4.78, 5) is 0.0876. The van der Waals surface area contributed by atoms with Crippen LogP contribution in [0.1, 0.15) is 18.5 Å². The lowest BCUT2D eigenvalue weighted by Gasteiger charge is -2.25. The van der Waals surface area contributed by atoms with Crippen LogP contribution in [0.25, 0.3) is 0 Å². The predicted molar refractivity (Wildman–Crippen MR) is 89.4 cm³/mol. The summed E-state index contributed by atoms with van der Waals surface area (Å²) < 4.78 is 37.6. The van der Waals surface area contributed by atoms with Crippen LogP contribution in [0.15, 0.2) is 53.4 Å². The fourth-order valence-electron chi connectivity index (χ4n) is 2.29. The van der Waals surface area contributed by atoms with Gasteiger partial charge in [-0.15, -0.1) is 0 Å². The number of benzene rings is 2. The Labute approximate surface area is 137 Å². The van der Waals surface area contributed by atoms with Crippen LogP contribution in [-0.4, -0.2) is 34.0 Å². The van der Waals surface area contributed by atoms with Crippen molar-refractivity contribution < 1.29 is 17.9 Å². The molecule has 0 radical (unpaired) electrons. The minimum atomic E-state index is -3.73. The molecule has 23 heavy (non-hydrogen) atoms. The van der Waals surface area contributed by atoms with E-state index in [0.717, 1.165) is 5.56 Å². The minimum absolute atomic E-state index is 0.0876. The summed E-state index contributed by atoms with van der Waals surface area (Å²) in [7, 11) is 0.768. The van der Waals surface area contributed by atoms with Crippen molar-refractivity contribution in [2.45, 2.75) is 17.9 Å². The van der Waals surface area contributed by atoms with Crippen LogP contribution in [0.4, 0.5) is 0 Å². The predicted octanol–water partition coefficient (Wildman–Crippen LogP) is 3.09. The van der Waals surface area contributed by atoms with Gasteiger partial charge in [0, 0.05) is 19.2 Å². The largest absolute Gasteiger partial charge is 0.497 e. The summed E-state index contributed by atoms with van der Waals surface area (Å²) in [5, 5.41) is 0. The molecular formula is C17H21NO4S. The van der Waals surface area contributed by atoms with Crippen LogP contribution < -0.4 is 9.47 Å². The summed E-state index contributed by atoms with van der Waals surface area (Å²) in [5.74, 6) is 0.753. The van der Waals surface area contributed by atoms with Crippen molar-refractivity contribution in [1.82, 2.24) is 4.31 Å². The number of sulfonamides is 1. The van der Waals surface area contributed by atoms with Crippen LogP contribution >= 0.6 is 0 Å². The molecule has 0 saturated carbocycles. The van der Waals surface area contributed by atoms with E-state index >= 15 is 0 Å². The summed E-state index contributed by atoms with van der Waals surface area (Å²) in [6.45, 7) is 1.85. The third-order valence-corrected chi connectivity index (χ3v) is 5.80. The molecule has 0 spiro atoms. The first-order valence-corrected chi connectivity index (χ1v) is 8.60. The summed E-state index contributed by atoms with van der Waals surface area (Å²) in [5.41, 5.74) is 0.917. The van der Waals surface area contributed by atoms with Gasteiger partial charge in [-0.3, -0.25) is 0 Å². The number of nitrogens with zero attached hydrogens (tertiary/aromatic N) is 1. The second kappa shape index (κ2) is 7.02. The fraction of sp³-hybridized carbons (Fsp3) is 0.294. The maximum Gasteiger partial charge on any atom is 0.247 e. The van der Waals surface area contributed by atoms with Crippen LogP contribution in [0.5, 0.6) is 11.5 Å². The molecule has 2 aromatic rings. The van der Waals surface area contributed by atoms with E-state index in [1.54, 1.807) is 19.2 Å². The maximum absolute atomic E-state index is 13.0. The Hall–Kier alpha value is -2.05. The molecule has 2 rings (SSSR count). The molecule has 0 aliphatic heterocycles. The van der Waals surface area contributed by atoms with Gasteiger partial charge in [0.1, 0.15) is 16.4 Å². The van der Waals surface area contributed by atoms with Crippen molar-refractivity contribution in [3.05, 3.63) is 54.1 Å². The third kappa shape index (κ3) is 3.48. The van der Waals surface area contributed by atoms with Crippen LogP contribution in [-0.2, 0) is 10.0 Å². The summed E-state index contributed by atoms with van der Waals surface area (Å²) in [6.07, 6.45) is 0. The van der Waals surface area contributed by atoms with Crippen molar-refractivity contribution in [1.29, 1.82) is 0 Å². The van der Waals surface area contributed by atoms with Gasteiger partial charge in [0.2, 0.25) is 10.0 Å². The van der Waals surface area contributed by atoms with E-state index < -0.39 is 10.0 Å². The van der Waals surface area contributed by atoms with Crippen molar-refractivity contribution in [2.24, 2.45) is 0 Å². The Kier molecular flexibility index (Phi) is 5.28. The monoisotopic (exact) mass is 335 g/mol. The van der Waals surface area contributed by atoms with Crippen molar-refractivity contribution in [2.75, 3.05) is 21.3 Å². The molecular weight excluding hydrogens is 314 g/mol. The zero-order valence-corrected chi connectivity index (χ0v) is 14.5. The smallest absolute Gasteiger partial charge is 0.247 e. The molecule has 0 unspecified atom stereocenters. The Balaban J connectivity index is 2.45. The van der Waals surface area contributed by atoms with Gasteiger partial charge in [0.05, 0.1) is 14.2 Å². The lowest BCUT2D eigenvalue weighted by Crippen LogP contribution is -2.30. The molecule has 6 heteroatoms. The molecule has 0 fully saturated rings. The molecule has 124 valence electrons. The van der Waals surface area contributed by atoms with E-state index in [4.69, 9.17) is 9.47 Å². The topological polar surface area (TPSA) is 55.8 Å². The molecule has 0 heterocycles. The molecule has 0 aliphatic rings. The highest BCUT2D eigenvalue weighted by Gasteiger charge is 2.29. The SMILES string of the molecule is COc1ccc(OC)c(S(=O)(=O)N(C)[C@H](C)c2ccccc2)c1. The lowest BCUT2D eigenvalue weighted by molar-refractivity contribution is 0.376. The van der Waals surface area contributed by atoms with Gasteiger partial charge in [-0.25, -0.2) is 8.42 Å². The number of rotatable bonds is 6. The molecule has 0 aromatic heterocycles. The van der Waals surface area contributed by atoms with Crippen LogP contribution in [0.2, 0.25) is 0 Å². The highest BCUT2D eigenvalue weighted by molar-refractivity contribution is 7.89. The number of methoxy groups -OCH3 is 2. The third-order valence-electron chi connectivity index (χ3n) is 3.86. The Morgan fingerprint density at radius 2 is 1.65 bits per heavy atom. The number of hydrogen-bond donors (Lipinski definition) is 0. The highest BCUT2D eigenvalue weighted by atomic mass is 32.2. The van der Waals surface area contributed by atoms with E-state index in [2.05, 4.69) is 0 Å².